The van der Waals surface area contributed by atoms with E-state index < -0.39 is 0 Å². The lowest BCUT2D eigenvalue weighted by atomic mass is 10.0. The number of hydrogen-bond acceptors (Lipinski definition) is 3. The number of hydrogen-bond donors (Lipinski definition) is 1. The number of benzene rings is 2. The molecule has 0 aliphatic heterocycles. The van der Waals surface area contributed by atoms with Crippen molar-refractivity contribution >= 4 is 12.0 Å². The predicted molar refractivity (Wildman–Crippen MR) is 71.1 cm³/mol. The van der Waals surface area contributed by atoms with E-state index in [1.807, 2.05) is 42.5 Å². The Hall–Kier alpha value is -2.42. The minimum absolute atomic E-state index is 0.0626. The van der Waals surface area contributed by atoms with Gasteiger partial charge >= 0.3 is 0 Å². The Morgan fingerprint density at radius 3 is 2.22 bits per heavy atom. The van der Waals surface area contributed by atoms with Crippen LogP contribution < -0.4 is 0 Å². The van der Waals surface area contributed by atoms with Crippen LogP contribution in [0.4, 0.5) is 0 Å². The van der Waals surface area contributed by atoms with Gasteiger partial charge in [-0.15, -0.1) is 5.16 Å². The van der Waals surface area contributed by atoms with Gasteiger partial charge in [-0.05, 0) is 11.1 Å². The fourth-order valence-electron chi connectivity index (χ4n) is 1.72. The Morgan fingerprint density at radius 1 is 1.00 bits per heavy atom. The SMILES string of the molecule is O=C(CC=NO)c1ccc(-c2ccccc2)cc1. The Labute approximate surface area is 105 Å². The van der Waals surface area contributed by atoms with E-state index in [9.17, 15) is 4.79 Å². The molecule has 18 heavy (non-hydrogen) atoms. The summed E-state index contributed by atoms with van der Waals surface area (Å²) in [7, 11) is 0. The lowest BCUT2D eigenvalue weighted by Crippen LogP contribution is -1.99. The molecule has 2 rings (SSSR count). The highest BCUT2D eigenvalue weighted by Gasteiger charge is 2.04. The van der Waals surface area contributed by atoms with Crippen molar-refractivity contribution in [1.29, 1.82) is 0 Å². The summed E-state index contributed by atoms with van der Waals surface area (Å²) < 4.78 is 0. The molecule has 90 valence electrons. The molecule has 2 aromatic rings. The van der Waals surface area contributed by atoms with Crippen molar-refractivity contribution in [1.82, 2.24) is 0 Å². The van der Waals surface area contributed by atoms with Gasteiger partial charge in [-0.1, -0.05) is 54.6 Å². The molecule has 0 unspecified atom stereocenters. The van der Waals surface area contributed by atoms with Crippen LogP contribution in [0.15, 0.2) is 59.8 Å². The summed E-state index contributed by atoms with van der Waals surface area (Å²) in [6.45, 7) is 0. The maximum atomic E-state index is 11.6. The third-order valence-corrected chi connectivity index (χ3v) is 2.67. The van der Waals surface area contributed by atoms with E-state index in [1.54, 1.807) is 12.1 Å². The van der Waals surface area contributed by atoms with E-state index in [-0.39, 0.29) is 12.2 Å². The highest BCUT2D eigenvalue weighted by molar-refractivity contribution is 6.03. The number of Topliss-reactive ketones (excluding diaryl/α,β-unsaturated/α-hetero) is 1. The summed E-state index contributed by atoms with van der Waals surface area (Å²) in [5.74, 6) is -0.0626. The number of carbonyl (C=O) groups excluding carboxylic acids is 1. The molecular weight excluding hydrogens is 226 g/mol. The van der Waals surface area contributed by atoms with E-state index in [0.717, 1.165) is 11.1 Å². The molecule has 0 saturated heterocycles. The van der Waals surface area contributed by atoms with Crippen molar-refractivity contribution in [2.24, 2.45) is 5.16 Å². The highest BCUT2D eigenvalue weighted by Crippen LogP contribution is 2.19. The van der Waals surface area contributed by atoms with Crippen LogP contribution in [0.3, 0.4) is 0 Å². The topological polar surface area (TPSA) is 49.7 Å². The first-order valence-electron chi connectivity index (χ1n) is 5.66. The smallest absolute Gasteiger partial charge is 0.168 e. The van der Waals surface area contributed by atoms with E-state index >= 15 is 0 Å². The molecule has 0 aliphatic carbocycles. The molecule has 0 aromatic heterocycles. The van der Waals surface area contributed by atoms with E-state index in [0.29, 0.717) is 5.56 Å². The zero-order valence-corrected chi connectivity index (χ0v) is 9.78. The molecule has 0 atom stereocenters. The van der Waals surface area contributed by atoms with E-state index in [2.05, 4.69) is 5.16 Å². The molecule has 2 aromatic carbocycles. The molecule has 0 aliphatic rings. The predicted octanol–water partition coefficient (Wildman–Crippen LogP) is 3.39. The first-order chi connectivity index (χ1) is 8.81. The van der Waals surface area contributed by atoms with Gasteiger partial charge in [0.05, 0.1) is 6.21 Å². The fraction of sp³-hybridized carbons (Fsp3) is 0.0667. The average Bonchev–Trinajstić information content (AvgIpc) is 2.46. The Bertz CT molecular complexity index is 544. The second-order valence-corrected chi connectivity index (χ2v) is 3.87. The highest BCUT2D eigenvalue weighted by atomic mass is 16.4. The van der Waals surface area contributed by atoms with Crippen LogP contribution in [0.25, 0.3) is 11.1 Å². The maximum absolute atomic E-state index is 11.6. The summed E-state index contributed by atoms with van der Waals surface area (Å²) in [5.41, 5.74) is 2.81. The summed E-state index contributed by atoms with van der Waals surface area (Å²) in [5, 5.41) is 11.1. The van der Waals surface area contributed by atoms with Gasteiger partial charge in [0.15, 0.2) is 5.78 Å². The Balaban J connectivity index is 2.18. The summed E-state index contributed by atoms with van der Waals surface area (Å²) in [6, 6.07) is 17.4. The molecule has 0 saturated carbocycles. The van der Waals surface area contributed by atoms with E-state index in [4.69, 9.17) is 5.21 Å². The monoisotopic (exact) mass is 239 g/mol. The zero-order chi connectivity index (χ0) is 12.8. The zero-order valence-electron chi connectivity index (χ0n) is 9.78. The molecule has 3 nitrogen and oxygen atoms in total. The molecular formula is C15H13NO2. The molecule has 3 heteroatoms. The van der Waals surface area contributed by atoms with Crippen LogP contribution in [0.5, 0.6) is 0 Å². The van der Waals surface area contributed by atoms with Crippen LogP contribution in [0, 0.1) is 0 Å². The minimum Gasteiger partial charge on any atom is -0.411 e. The molecule has 0 amide bonds. The lowest BCUT2D eigenvalue weighted by molar-refractivity contribution is 0.100. The van der Waals surface area contributed by atoms with Gasteiger partial charge in [-0.3, -0.25) is 4.79 Å². The quantitative estimate of drug-likeness (QED) is 0.385. The third-order valence-electron chi connectivity index (χ3n) is 2.67. The number of rotatable bonds is 4. The van der Waals surface area contributed by atoms with Crippen molar-refractivity contribution < 1.29 is 10.0 Å². The largest absolute Gasteiger partial charge is 0.411 e. The van der Waals surface area contributed by atoms with Crippen LogP contribution in [0.2, 0.25) is 0 Å². The van der Waals surface area contributed by atoms with Crippen LogP contribution in [-0.4, -0.2) is 17.2 Å². The van der Waals surface area contributed by atoms with Gasteiger partial charge in [-0.25, -0.2) is 0 Å². The number of carbonyl (C=O) groups is 1. The average molecular weight is 239 g/mol. The van der Waals surface area contributed by atoms with Crippen molar-refractivity contribution in [3.8, 4) is 11.1 Å². The van der Waals surface area contributed by atoms with Gasteiger partial charge in [0.1, 0.15) is 0 Å². The van der Waals surface area contributed by atoms with Crippen LogP contribution >= 0.6 is 0 Å². The molecule has 0 heterocycles. The first kappa shape index (κ1) is 12.0. The Morgan fingerprint density at radius 2 is 1.61 bits per heavy atom. The summed E-state index contributed by atoms with van der Waals surface area (Å²) in [4.78, 5) is 11.6. The van der Waals surface area contributed by atoms with E-state index in [1.165, 1.54) is 6.21 Å². The normalized spacial score (nSPS) is 10.7. The van der Waals surface area contributed by atoms with Crippen molar-refractivity contribution in [2.45, 2.75) is 6.42 Å². The number of ketones is 1. The van der Waals surface area contributed by atoms with Gasteiger partial charge in [0, 0.05) is 12.0 Å². The maximum Gasteiger partial charge on any atom is 0.168 e. The van der Waals surface area contributed by atoms with Gasteiger partial charge < -0.3 is 5.21 Å². The first-order valence-corrected chi connectivity index (χ1v) is 5.66. The number of nitrogens with zero attached hydrogens (tertiary/aromatic N) is 1. The molecule has 1 N–H and O–H groups in total. The second kappa shape index (κ2) is 5.77. The van der Waals surface area contributed by atoms with Crippen molar-refractivity contribution in [3.63, 3.8) is 0 Å². The molecule has 0 fully saturated rings. The fourth-order valence-corrected chi connectivity index (χ4v) is 1.72. The minimum atomic E-state index is -0.0626. The van der Waals surface area contributed by atoms with Crippen LogP contribution in [-0.2, 0) is 0 Å². The third kappa shape index (κ3) is 2.83. The Kier molecular flexibility index (Phi) is 3.86. The molecule has 0 radical (unpaired) electrons. The standard InChI is InChI=1S/C15H13NO2/c17-15(10-11-16-18)14-8-6-13(7-9-14)12-4-2-1-3-5-12/h1-9,11,18H,10H2. The van der Waals surface area contributed by atoms with Gasteiger partial charge in [0.25, 0.3) is 0 Å². The second-order valence-electron chi connectivity index (χ2n) is 3.87. The summed E-state index contributed by atoms with van der Waals surface area (Å²) in [6.07, 6.45) is 1.30. The lowest BCUT2D eigenvalue weighted by Gasteiger charge is -2.02. The molecule has 0 spiro atoms. The van der Waals surface area contributed by atoms with Crippen molar-refractivity contribution in [3.05, 3.63) is 60.2 Å². The number of oxime groups is 1. The molecule has 0 bridgehead atoms. The van der Waals surface area contributed by atoms with Gasteiger partial charge in [-0.2, -0.15) is 0 Å². The van der Waals surface area contributed by atoms with Crippen molar-refractivity contribution in [2.75, 3.05) is 0 Å². The van der Waals surface area contributed by atoms with Crippen LogP contribution in [0.1, 0.15) is 16.8 Å². The summed E-state index contributed by atoms with van der Waals surface area (Å²) >= 11 is 0. The van der Waals surface area contributed by atoms with Gasteiger partial charge in [0.2, 0.25) is 0 Å².